The van der Waals surface area contributed by atoms with Crippen LogP contribution >= 0.6 is 0 Å². The van der Waals surface area contributed by atoms with Crippen LogP contribution in [0.4, 0.5) is 5.69 Å². The Morgan fingerprint density at radius 1 is 1.60 bits per heavy atom. The first-order valence-corrected chi connectivity index (χ1v) is 4.95. The van der Waals surface area contributed by atoms with Crippen LogP contribution in [0.25, 0.3) is 0 Å². The molecule has 0 spiro atoms. The average Bonchev–Trinajstić information content (AvgIpc) is 2.57. The number of aromatic hydroxyl groups is 1. The second kappa shape index (κ2) is 3.46. The van der Waals surface area contributed by atoms with Crippen LogP contribution in [0.3, 0.4) is 0 Å². The minimum absolute atomic E-state index is 0.190. The molecule has 0 aliphatic carbocycles. The Hall–Kier alpha value is -1.71. The Bertz CT molecular complexity index is 403. The molecular weight excluding hydrogens is 194 g/mol. The molecule has 0 bridgehead atoms. The molecule has 0 saturated heterocycles. The van der Waals surface area contributed by atoms with E-state index in [0.29, 0.717) is 13.0 Å². The molecule has 1 aliphatic heterocycles. The highest BCUT2D eigenvalue weighted by Crippen LogP contribution is 2.37. The molecule has 1 atom stereocenters. The molecule has 2 N–H and O–H groups in total. The summed E-state index contributed by atoms with van der Waals surface area (Å²) in [6, 6.07) is 4.64. The first-order valence-electron chi connectivity index (χ1n) is 4.95. The molecular formula is C11H13NO3. The highest BCUT2D eigenvalue weighted by molar-refractivity contribution is 5.83. The Morgan fingerprint density at radius 2 is 2.33 bits per heavy atom. The van der Waals surface area contributed by atoms with Gasteiger partial charge in [0.1, 0.15) is 11.8 Å². The summed E-state index contributed by atoms with van der Waals surface area (Å²) in [5.74, 6) is -0.651. The van der Waals surface area contributed by atoms with Crippen molar-refractivity contribution in [3.8, 4) is 5.75 Å². The summed E-state index contributed by atoms with van der Waals surface area (Å²) in [7, 11) is 0. The van der Waals surface area contributed by atoms with Crippen molar-refractivity contribution >= 4 is 11.7 Å². The van der Waals surface area contributed by atoms with E-state index < -0.39 is 12.0 Å². The molecule has 15 heavy (non-hydrogen) atoms. The molecule has 0 amide bonds. The second-order valence-corrected chi connectivity index (χ2v) is 3.62. The van der Waals surface area contributed by atoms with Crippen molar-refractivity contribution in [1.29, 1.82) is 0 Å². The molecule has 1 aliphatic rings. The van der Waals surface area contributed by atoms with E-state index in [9.17, 15) is 9.90 Å². The lowest BCUT2D eigenvalue weighted by Crippen LogP contribution is -2.38. The van der Waals surface area contributed by atoms with Crippen molar-refractivity contribution in [1.82, 2.24) is 0 Å². The van der Waals surface area contributed by atoms with E-state index in [4.69, 9.17) is 5.11 Å². The van der Waals surface area contributed by atoms with E-state index in [0.717, 1.165) is 11.3 Å². The quantitative estimate of drug-likeness (QED) is 0.765. The smallest absolute Gasteiger partial charge is 0.326 e. The van der Waals surface area contributed by atoms with Crippen molar-refractivity contribution in [3.05, 3.63) is 23.8 Å². The number of carbonyl (C=O) groups is 1. The van der Waals surface area contributed by atoms with Gasteiger partial charge in [-0.15, -0.1) is 0 Å². The van der Waals surface area contributed by atoms with Crippen molar-refractivity contribution in [2.75, 3.05) is 11.4 Å². The maximum Gasteiger partial charge on any atom is 0.326 e. The Labute approximate surface area is 87.8 Å². The number of anilines is 1. The van der Waals surface area contributed by atoms with Crippen LogP contribution < -0.4 is 4.90 Å². The van der Waals surface area contributed by atoms with Gasteiger partial charge in [-0.1, -0.05) is 6.07 Å². The summed E-state index contributed by atoms with van der Waals surface area (Å²) in [4.78, 5) is 12.8. The largest absolute Gasteiger partial charge is 0.508 e. The Kier molecular flexibility index (Phi) is 2.26. The molecule has 80 valence electrons. The highest BCUT2D eigenvalue weighted by atomic mass is 16.4. The van der Waals surface area contributed by atoms with Gasteiger partial charge in [0, 0.05) is 24.2 Å². The molecule has 1 aromatic carbocycles. The maximum atomic E-state index is 11.0. The topological polar surface area (TPSA) is 60.8 Å². The number of nitrogens with zero attached hydrogens (tertiary/aromatic N) is 1. The van der Waals surface area contributed by atoms with Gasteiger partial charge in [0.15, 0.2) is 0 Å². The molecule has 4 nitrogen and oxygen atoms in total. The standard InChI is InChI=1S/C11H13NO3/c1-2-12-8-4-3-5-10(13)7(8)6-9(12)11(14)15/h3-5,9,13H,2,6H2,1H3,(H,14,15). The summed E-state index contributed by atoms with van der Waals surface area (Å²) in [6.07, 6.45) is 0.380. The van der Waals surface area contributed by atoms with Crippen molar-refractivity contribution < 1.29 is 15.0 Å². The first kappa shape index (κ1) is 9.83. The Morgan fingerprint density at radius 3 is 2.93 bits per heavy atom. The lowest BCUT2D eigenvalue weighted by atomic mass is 10.1. The fraction of sp³-hybridized carbons (Fsp3) is 0.364. The third kappa shape index (κ3) is 1.42. The molecule has 4 heteroatoms. The van der Waals surface area contributed by atoms with E-state index in [1.807, 2.05) is 13.0 Å². The summed E-state index contributed by atoms with van der Waals surface area (Å²) >= 11 is 0. The predicted molar refractivity (Wildman–Crippen MR) is 56.3 cm³/mol. The number of likely N-dealkylation sites (N-methyl/N-ethyl adjacent to an activating group) is 1. The van der Waals surface area contributed by atoms with Gasteiger partial charge in [0.25, 0.3) is 0 Å². The van der Waals surface area contributed by atoms with E-state index in [2.05, 4.69) is 0 Å². The fourth-order valence-corrected chi connectivity index (χ4v) is 2.12. The third-order valence-corrected chi connectivity index (χ3v) is 2.84. The maximum absolute atomic E-state index is 11.0. The van der Waals surface area contributed by atoms with Crippen LogP contribution in [-0.4, -0.2) is 28.8 Å². The lowest BCUT2D eigenvalue weighted by Gasteiger charge is -2.22. The molecule has 0 radical (unpaired) electrons. The summed E-state index contributed by atoms with van der Waals surface area (Å²) < 4.78 is 0. The van der Waals surface area contributed by atoms with Gasteiger partial charge in [0.05, 0.1) is 0 Å². The van der Waals surface area contributed by atoms with E-state index in [-0.39, 0.29) is 5.75 Å². The molecule has 1 heterocycles. The van der Waals surface area contributed by atoms with Gasteiger partial charge in [-0.3, -0.25) is 0 Å². The minimum atomic E-state index is -0.840. The third-order valence-electron chi connectivity index (χ3n) is 2.84. The van der Waals surface area contributed by atoms with Gasteiger partial charge in [0.2, 0.25) is 0 Å². The number of phenols is 1. The number of rotatable bonds is 2. The molecule has 2 rings (SSSR count). The number of hydrogen-bond acceptors (Lipinski definition) is 3. The zero-order valence-electron chi connectivity index (χ0n) is 8.47. The van der Waals surface area contributed by atoms with Crippen LogP contribution in [0, 0.1) is 0 Å². The molecule has 1 aromatic rings. The number of carboxylic acid groups (broad SMARTS) is 1. The Balaban J connectivity index is 2.45. The van der Waals surface area contributed by atoms with Crippen molar-refractivity contribution in [2.24, 2.45) is 0 Å². The van der Waals surface area contributed by atoms with Gasteiger partial charge in [-0.25, -0.2) is 4.79 Å². The van der Waals surface area contributed by atoms with Crippen LogP contribution in [0.5, 0.6) is 5.75 Å². The van der Waals surface area contributed by atoms with E-state index in [1.54, 1.807) is 17.0 Å². The zero-order valence-corrected chi connectivity index (χ0v) is 8.47. The van der Waals surface area contributed by atoms with Gasteiger partial charge in [-0.05, 0) is 19.1 Å². The molecule has 0 aromatic heterocycles. The number of carboxylic acids is 1. The SMILES string of the molecule is CCN1c2cccc(O)c2CC1C(=O)O. The zero-order chi connectivity index (χ0) is 11.0. The molecule has 0 fully saturated rings. The second-order valence-electron chi connectivity index (χ2n) is 3.62. The van der Waals surface area contributed by atoms with Gasteiger partial charge in [-0.2, -0.15) is 0 Å². The predicted octanol–water partition coefficient (Wildman–Crippen LogP) is 1.23. The van der Waals surface area contributed by atoms with Crippen molar-refractivity contribution in [2.45, 2.75) is 19.4 Å². The van der Waals surface area contributed by atoms with Gasteiger partial charge >= 0.3 is 5.97 Å². The van der Waals surface area contributed by atoms with E-state index >= 15 is 0 Å². The summed E-state index contributed by atoms with van der Waals surface area (Å²) in [5, 5.41) is 18.7. The monoisotopic (exact) mass is 207 g/mol. The molecule has 1 unspecified atom stereocenters. The summed E-state index contributed by atoms with van der Waals surface area (Å²) in [5.41, 5.74) is 1.58. The van der Waals surface area contributed by atoms with Crippen LogP contribution in [-0.2, 0) is 11.2 Å². The highest BCUT2D eigenvalue weighted by Gasteiger charge is 2.34. The number of benzene rings is 1. The normalized spacial score (nSPS) is 19.0. The first-order chi connectivity index (χ1) is 7.15. The number of aliphatic carboxylic acids is 1. The fourth-order valence-electron chi connectivity index (χ4n) is 2.12. The number of fused-ring (bicyclic) bond motifs is 1. The van der Waals surface area contributed by atoms with Gasteiger partial charge < -0.3 is 15.1 Å². The molecule has 0 saturated carbocycles. The number of phenolic OH excluding ortho intramolecular Hbond substituents is 1. The van der Waals surface area contributed by atoms with Crippen LogP contribution in [0.1, 0.15) is 12.5 Å². The van der Waals surface area contributed by atoms with Crippen LogP contribution in [0.15, 0.2) is 18.2 Å². The summed E-state index contributed by atoms with van der Waals surface area (Å²) in [6.45, 7) is 2.54. The van der Waals surface area contributed by atoms with Crippen LogP contribution in [0.2, 0.25) is 0 Å². The minimum Gasteiger partial charge on any atom is -0.508 e. The average molecular weight is 207 g/mol. The van der Waals surface area contributed by atoms with E-state index in [1.165, 1.54) is 0 Å². The lowest BCUT2D eigenvalue weighted by molar-refractivity contribution is -0.138. The van der Waals surface area contributed by atoms with Crippen molar-refractivity contribution in [3.63, 3.8) is 0 Å². The number of hydrogen-bond donors (Lipinski definition) is 2.